The highest BCUT2D eigenvalue weighted by atomic mass is 35.5. The Hall–Kier alpha value is -1.64. The van der Waals surface area contributed by atoms with Gasteiger partial charge in [0.15, 0.2) is 0 Å². The molecule has 27 heavy (non-hydrogen) atoms. The van der Waals surface area contributed by atoms with Crippen molar-refractivity contribution in [1.29, 1.82) is 0 Å². The average molecular weight is 415 g/mol. The summed E-state index contributed by atoms with van der Waals surface area (Å²) in [7, 11) is -2.37. The molecule has 0 fully saturated rings. The fourth-order valence-electron chi connectivity index (χ4n) is 2.70. The molecule has 2 aromatic carbocycles. The zero-order chi connectivity index (χ0) is 19.2. The normalized spacial score (nSPS) is 13.5. The van der Waals surface area contributed by atoms with Crippen LogP contribution in [0.15, 0.2) is 53.4 Å². The average Bonchev–Trinajstić information content (AvgIpc) is 2.64. The van der Waals surface area contributed by atoms with Gasteiger partial charge in [0.25, 0.3) is 0 Å². The lowest BCUT2D eigenvalue weighted by molar-refractivity contribution is 0.165. The molecule has 0 aliphatic heterocycles. The van der Waals surface area contributed by atoms with Gasteiger partial charge in [0.05, 0.1) is 18.1 Å². The van der Waals surface area contributed by atoms with E-state index in [9.17, 15) is 13.5 Å². The molecule has 0 heterocycles. The van der Waals surface area contributed by atoms with Crippen molar-refractivity contribution in [1.82, 2.24) is 5.32 Å². The molecule has 0 radical (unpaired) electrons. The molecule has 150 valence electrons. The van der Waals surface area contributed by atoms with Crippen molar-refractivity contribution in [2.24, 2.45) is 5.14 Å². The molecule has 0 saturated carbocycles. The highest BCUT2D eigenvalue weighted by molar-refractivity contribution is 7.89. The number of nitrogens with one attached hydrogen (secondary N) is 1. The second kappa shape index (κ2) is 10.6. The number of nitrogens with two attached hydrogens (primary N) is 1. The van der Waals surface area contributed by atoms with Gasteiger partial charge in [0.1, 0.15) is 5.75 Å². The molecule has 0 spiro atoms. The number of aliphatic hydroxyl groups excluding tert-OH is 1. The van der Waals surface area contributed by atoms with Crippen LogP contribution < -0.4 is 15.2 Å². The summed E-state index contributed by atoms with van der Waals surface area (Å²) in [5.74, 6) is 0.420. The topological polar surface area (TPSA) is 102 Å². The van der Waals surface area contributed by atoms with Gasteiger partial charge in [-0.1, -0.05) is 30.3 Å². The van der Waals surface area contributed by atoms with Crippen LogP contribution in [0.3, 0.4) is 0 Å². The van der Waals surface area contributed by atoms with E-state index in [4.69, 9.17) is 9.88 Å². The highest BCUT2D eigenvalue weighted by Crippen LogP contribution is 2.27. The Balaban J connectivity index is 0.00000364. The second-order valence-electron chi connectivity index (χ2n) is 6.30. The van der Waals surface area contributed by atoms with Crippen LogP contribution in [0.4, 0.5) is 0 Å². The standard InChI is InChI=1S/C19H26N2O4S.ClH/c1-14(8-9-15-6-4-3-5-7-15)21-13-18(22)17-12-16(26(20,23)24)10-11-19(17)25-2;/h3-7,10-12,14,18,21-22H,8-9,13H2,1-2H3,(H2,20,23,24);1H. The molecule has 6 nitrogen and oxygen atoms in total. The maximum Gasteiger partial charge on any atom is 0.238 e. The smallest absolute Gasteiger partial charge is 0.238 e. The first-order valence-electron chi connectivity index (χ1n) is 8.47. The summed E-state index contributed by atoms with van der Waals surface area (Å²) in [6, 6.07) is 14.6. The fraction of sp³-hybridized carbons (Fsp3) is 0.368. The predicted molar refractivity (Wildman–Crippen MR) is 109 cm³/mol. The van der Waals surface area contributed by atoms with Crippen molar-refractivity contribution in [2.45, 2.75) is 36.8 Å². The van der Waals surface area contributed by atoms with Crippen LogP contribution in [-0.4, -0.2) is 33.2 Å². The van der Waals surface area contributed by atoms with E-state index in [2.05, 4.69) is 17.4 Å². The minimum Gasteiger partial charge on any atom is -0.496 e. The molecule has 4 N–H and O–H groups in total. The van der Waals surface area contributed by atoms with Crippen molar-refractivity contribution in [3.05, 3.63) is 59.7 Å². The first kappa shape index (κ1) is 23.4. The Morgan fingerprint density at radius 2 is 1.85 bits per heavy atom. The molecule has 2 unspecified atom stereocenters. The zero-order valence-electron chi connectivity index (χ0n) is 15.5. The second-order valence-corrected chi connectivity index (χ2v) is 7.86. The highest BCUT2D eigenvalue weighted by Gasteiger charge is 2.18. The lowest BCUT2D eigenvalue weighted by Crippen LogP contribution is -2.31. The first-order chi connectivity index (χ1) is 12.3. The molecule has 2 atom stereocenters. The lowest BCUT2D eigenvalue weighted by atomic mass is 10.0. The maximum absolute atomic E-state index is 11.5. The minimum atomic E-state index is -3.84. The van der Waals surface area contributed by atoms with E-state index in [0.717, 1.165) is 12.8 Å². The third-order valence-electron chi connectivity index (χ3n) is 4.26. The molecule has 2 aromatic rings. The van der Waals surface area contributed by atoms with Gasteiger partial charge in [-0.15, -0.1) is 12.4 Å². The van der Waals surface area contributed by atoms with Crippen molar-refractivity contribution < 1.29 is 18.3 Å². The van der Waals surface area contributed by atoms with Crippen molar-refractivity contribution in [3.8, 4) is 5.75 Å². The molecule has 0 amide bonds. The predicted octanol–water partition coefficient (Wildman–Crippen LogP) is 2.41. The molecular formula is C19H27ClN2O4S. The quantitative estimate of drug-likeness (QED) is 0.584. The monoisotopic (exact) mass is 414 g/mol. The summed E-state index contributed by atoms with van der Waals surface area (Å²) in [5, 5.41) is 18.9. The van der Waals surface area contributed by atoms with Gasteiger partial charge in [0, 0.05) is 18.2 Å². The lowest BCUT2D eigenvalue weighted by Gasteiger charge is -2.19. The van der Waals surface area contributed by atoms with Gasteiger partial charge < -0.3 is 15.2 Å². The number of halogens is 1. The number of sulfonamides is 1. The van der Waals surface area contributed by atoms with Crippen LogP contribution in [-0.2, 0) is 16.4 Å². The fourth-order valence-corrected chi connectivity index (χ4v) is 3.25. The number of aliphatic hydroxyl groups is 1. The van der Waals surface area contributed by atoms with Crippen LogP contribution in [0.5, 0.6) is 5.75 Å². The molecule has 0 aromatic heterocycles. The zero-order valence-corrected chi connectivity index (χ0v) is 17.1. The summed E-state index contributed by atoms with van der Waals surface area (Å²) < 4.78 is 28.3. The largest absolute Gasteiger partial charge is 0.496 e. The van der Waals surface area contributed by atoms with Crippen LogP contribution in [0.25, 0.3) is 0 Å². The Labute approximate surface area is 167 Å². The summed E-state index contributed by atoms with van der Waals surface area (Å²) in [6.45, 7) is 2.33. The van der Waals surface area contributed by atoms with E-state index in [1.165, 1.54) is 30.9 Å². The van der Waals surface area contributed by atoms with E-state index < -0.39 is 16.1 Å². The summed E-state index contributed by atoms with van der Waals surface area (Å²) in [6.07, 6.45) is 0.950. The minimum absolute atomic E-state index is 0. The third kappa shape index (κ3) is 7.12. The number of rotatable bonds is 9. The number of primary sulfonamides is 1. The number of methoxy groups -OCH3 is 1. The Bertz CT molecular complexity index is 816. The van der Waals surface area contributed by atoms with Gasteiger partial charge >= 0.3 is 0 Å². The summed E-state index contributed by atoms with van der Waals surface area (Å²) in [4.78, 5) is -0.0514. The van der Waals surface area contributed by atoms with E-state index in [1.54, 1.807) is 0 Å². The Morgan fingerprint density at radius 3 is 2.44 bits per heavy atom. The number of ether oxygens (including phenoxy) is 1. The van der Waals surface area contributed by atoms with Crippen LogP contribution >= 0.6 is 12.4 Å². The van der Waals surface area contributed by atoms with Crippen molar-refractivity contribution in [2.75, 3.05) is 13.7 Å². The molecular weight excluding hydrogens is 388 g/mol. The number of benzene rings is 2. The van der Waals surface area contributed by atoms with Crippen molar-refractivity contribution in [3.63, 3.8) is 0 Å². The first-order valence-corrected chi connectivity index (χ1v) is 10.0. The van der Waals surface area contributed by atoms with E-state index in [1.807, 2.05) is 25.1 Å². The molecule has 0 aliphatic rings. The SMILES string of the molecule is COc1ccc(S(N)(=O)=O)cc1C(O)CNC(C)CCc1ccccc1.Cl. The van der Waals surface area contributed by atoms with E-state index >= 15 is 0 Å². The Morgan fingerprint density at radius 1 is 1.19 bits per heavy atom. The van der Waals surface area contributed by atoms with Gasteiger partial charge in [-0.3, -0.25) is 0 Å². The van der Waals surface area contributed by atoms with Gasteiger partial charge in [-0.25, -0.2) is 13.6 Å². The molecule has 8 heteroatoms. The van der Waals surface area contributed by atoms with Gasteiger partial charge in [0.2, 0.25) is 10.0 Å². The third-order valence-corrected chi connectivity index (χ3v) is 5.17. The van der Waals surface area contributed by atoms with Crippen molar-refractivity contribution >= 4 is 22.4 Å². The maximum atomic E-state index is 11.5. The number of aryl methyl sites for hydroxylation is 1. The molecule has 2 rings (SSSR count). The van der Waals surface area contributed by atoms with Gasteiger partial charge in [-0.2, -0.15) is 0 Å². The molecule has 0 bridgehead atoms. The molecule has 0 aliphatic carbocycles. The van der Waals surface area contributed by atoms with Crippen LogP contribution in [0.2, 0.25) is 0 Å². The molecule has 0 saturated heterocycles. The van der Waals surface area contributed by atoms with Gasteiger partial charge in [-0.05, 0) is 43.5 Å². The van der Waals surface area contributed by atoms with Crippen LogP contribution in [0.1, 0.15) is 30.6 Å². The summed E-state index contributed by atoms with van der Waals surface area (Å²) >= 11 is 0. The summed E-state index contributed by atoms with van der Waals surface area (Å²) in [5.41, 5.74) is 1.66. The van der Waals surface area contributed by atoms with E-state index in [0.29, 0.717) is 11.3 Å². The Kier molecular flexibility index (Phi) is 9.21. The number of hydrogen-bond donors (Lipinski definition) is 3. The van der Waals surface area contributed by atoms with E-state index in [-0.39, 0.29) is 29.9 Å². The van der Waals surface area contributed by atoms with Crippen LogP contribution in [0, 0.1) is 0 Å². The number of hydrogen-bond acceptors (Lipinski definition) is 5.